The van der Waals surface area contributed by atoms with Crippen LogP contribution in [0.4, 0.5) is 0 Å². The molecule has 0 fully saturated rings. The van der Waals surface area contributed by atoms with Crippen LogP contribution in [0.25, 0.3) is 0 Å². The van der Waals surface area contributed by atoms with Gasteiger partial charge in [-0.3, -0.25) is 4.79 Å². The molecule has 3 N–H and O–H groups in total. The third kappa shape index (κ3) is 5.20. The second-order valence-electron chi connectivity index (χ2n) is 4.54. The highest BCUT2D eigenvalue weighted by atomic mass is 16.5. The molecule has 0 aromatic heterocycles. The van der Waals surface area contributed by atoms with E-state index in [1.165, 1.54) is 0 Å². The van der Waals surface area contributed by atoms with E-state index in [4.69, 9.17) is 15.6 Å². The fraction of sp³-hybridized carbons (Fsp3) is 0.438. The number of carbonyl (C=O) groups is 1. The zero-order chi connectivity index (χ0) is 15.7. The summed E-state index contributed by atoms with van der Waals surface area (Å²) in [5.41, 5.74) is 7.57. The summed E-state index contributed by atoms with van der Waals surface area (Å²) in [6.45, 7) is 3.22. The number of aliphatic hydroxyl groups excluding tert-OH is 1. The summed E-state index contributed by atoms with van der Waals surface area (Å²) in [4.78, 5) is 14.1. The van der Waals surface area contributed by atoms with Gasteiger partial charge >= 0.3 is 0 Å². The molecule has 0 bridgehead atoms. The molecular formula is C16H22N2O3. The average molecular weight is 290 g/mol. The van der Waals surface area contributed by atoms with Gasteiger partial charge in [0.25, 0.3) is 5.91 Å². The molecule has 0 atom stereocenters. The number of methoxy groups -OCH3 is 1. The second kappa shape index (κ2) is 9.14. The van der Waals surface area contributed by atoms with Gasteiger partial charge in [0.15, 0.2) is 0 Å². The van der Waals surface area contributed by atoms with Gasteiger partial charge in [-0.1, -0.05) is 17.9 Å². The number of hydrogen-bond acceptors (Lipinski definition) is 4. The van der Waals surface area contributed by atoms with Crippen molar-refractivity contribution in [1.29, 1.82) is 0 Å². The average Bonchev–Trinajstić information content (AvgIpc) is 2.50. The lowest BCUT2D eigenvalue weighted by Crippen LogP contribution is -2.36. The van der Waals surface area contributed by atoms with E-state index in [0.717, 1.165) is 11.1 Å². The summed E-state index contributed by atoms with van der Waals surface area (Å²) >= 11 is 0. The molecule has 1 aromatic carbocycles. The van der Waals surface area contributed by atoms with Crippen LogP contribution < -0.4 is 5.73 Å². The lowest BCUT2D eigenvalue weighted by atomic mass is 10.0. The fourth-order valence-corrected chi connectivity index (χ4v) is 1.89. The first-order valence-electron chi connectivity index (χ1n) is 6.82. The Kier molecular flexibility index (Phi) is 7.48. The second-order valence-corrected chi connectivity index (χ2v) is 4.54. The molecule has 0 aliphatic rings. The Bertz CT molecular complexity index is 532. The third-order valence-corrected chi connectivity index (χ3v) is 3.03. The van der Waals surface area contributed by atoms with E-state index < -0.39 is 0 Å². The van der Waals surface area contributed by atoms with Crippen molar-refractivity contribution < 1.29 is 14.6 Å². The molecule has 0 saturated carbocycles. The largest absolute Gasteiger partial charge is 0.395 e. The number of nitrogens with zero attached hydrogens (tertiary/aromatic N) is 1. The molecule has 0 spiro atoms. The lowest BCUT2D eigenvalue weighted by molar-refractivity contribution is 0.0655. The standard InChI is InChI=1S/C16H22N2O3/c1-13-5-6-14(4-3-7-17)12-15(13)16(20)18(8-10-19)9-11-21-2/h5-6,12,19H,7-11,17H2,1-2H3. The third-order valence-electron chi connectivity index (χ3n) is 3.03. The Balaban J connectivity index is 3.02. The Hall–Kier alpha value is -1.87. The van der Waals surface area contributed by atoms with Gasteiger partial charge in [0.1, 0.15) is 0 Å². The monoisotopic (exact) mass is 290 g/mol. The number of amides is 1. The zero-order valence-corrected chi connectivity index (χ0v) is 12.6. The van der Waals surface area contributed by atoms with E-state index in [-0.39, 0.29) is 25.6 Å². The molecule has 5 nitrogen and oxygen atoms in total. The normalized spacial score (nSPS) is 9.90. The summed E-state index contributed by atoms with van der Waals surface area (Å²) in [5.74, 6) is 5.56. The molecule has 1 rings (SSSR count). The first-order chi connectivity index (χ1) is 10.1. The molecule has 5 heteroatoms. The predicted molar refractivity (Wildman–Crippen MR) is 82.0 cm³/mol. The van der Waals surface area contributed by atoms with Crippen molar-refractivity contribution in [2.75, 3.05) is 40.0 Å². The maximum atomic E-state index is 12.6. The van der Waals surface area contributed by atoms with Crippen molar-refractivity contribution in [3.63, 3.8) is 0 Å². The van der Waals surface area contributed by atoms with Crippen LogP contribution in [-0.2, 0) is 4.74 Å². The molecule has 0 saturated heterocycles. The Morgan fingerprint density at radius 3 is 2.81 bits per heavy atom. The van der Waals surface area contributed by atoms with Crippen molar-refractivity contribution >= 4 is 5.91 Å². The minimum Gasteiger partial charge on any atom is -0.395 e. The smallest absolute Gasteiger partial charge is 0.254 e. The van der Waals surface area contributed by atoms with E-state index in [0.29, 0.717) is 18.7 Å². The molecule has 0 unspecified atom stereocenters. The number of hydrogen-bond donors (Lipinski definition) is 2. The van der Waals surface area contributed by atoms with Gasteiger partial charge < -0.3 is 20.5 Å². The van der Waals surface area contributed by atoms with Gasteiger partial charge in [-0.15, -0.1) is 0 Å². The van der Waals surface area contributed by atoms with E-state index in [1.807, 2.05) is 19.1 Å². The topological polar surface area (TPSA) is 75.8 Å². The van der Waals surface area contributed by atoms with E-state index in [9.17, 15) is 4.79 Å². The van der Waals surface area contributed by atoms with Gasteiger partial charge in [-0.2, -0.15) is 0 Å². The van der Waals surface area contributed by atoms with Crippen LogP contribution in [0.3, 0.4) is 0 Å². The summed E-state index contributed by atoms with van der Waals surface area (Å²) in [6.07, 6.45) is 0. The molecule has 0 aliphatic carbocycles. The van der Waals surface area contributed by atoms with Crippen molar-refractivity contribution in [3.05, 3.63) is 34.9 Å². The molecule has 21 heavy (non-hydrogen) atoms. The number of ether oxygens (including phenoxy) is 1. The summed E-state index contributed by atoms with van der Waals surface area (Å²) in [5, 5.41) is 9.10. The molecule has 0 radical (unpaired) electrons. The SMILES string of the molecule is COCCN(CCO)C(=O)c1cc(C#CCN)ccc1C. The number of aryl methyl sites for hydroxylation is 1. The van der Waals surface area contributed by atoms with Crippen LogP contribution in [-0.4, -0.2) is 55.9 Å². The van der Waals surface area contributed by atoms with Crippen LogP contribution in [0.2, 0.25) is 0 Å². The number of aliphatic hydroxyl groups is 1. The van der Waals surface area contributed by atoms with Crippen LogP contribution in [0, 0.1) is 18.8 Å². The molecule has 1 amide bonds. The Morgan fingerprint density at radius 2 is 2.19 bits per heavy atom. The highest BCUT2D eigenvalue weighted by Gasteiger charge is 2.17. The first kappa shape index (κ1) is 17.2. The Labute approximate surface area is 125 Å². The highest BCUT2D eigenvalue weighted by Crippen LogP contribution is 2.13. The van der Waals surface area contributed by atoms with Gasteiger partial charge in [-0.05, 0) is 24.6 Å². The maximum absolute atomic E-state index is 12.6. The van der Waals surface area contributed by atoms with E-state index in [1.54, 1.807) is 18.1 Å². The van der Waals surface area contributed by atoms with Gasteiger partial charge in [0.2, 0.25) is 0 Å². The van der Waals surface area contributed by atoms with Crippen LogP contribution in [0.15, 0.2) is 18.2 Å². The highest BCUT2D eigenvalue weighted by molar-refractivity contribution is 5.96. The Morgan fingerprint density at radius 1 is 1.43 bits per heavy atom. The molecule has 0 aliphatic heterocycles. The van der Waals surface area contributed by atoms with Gasteiger partial charge in [0, 0.05) is 31.3 Å². The minimum atomic E-state index is -0.130. The first-order valence-corrected chi connectivity index (χ1v) is 6.82. The van der Waals surface area contributed by atoms with Crippen molar-refractivity contribution in [2.24, 2.45) is 5.73 Å². The summed E-state index contributed by atoms with van der Waals surface area (Å²) < 4.78 is 5.00. The molecule has 1 aromatic rings. The van der Waals surface area contributed by atoms with Crippen LogP contribution >= 0.6 is 0 Å². The van der Waals surface area contributed by atoms with Crippen LogP contribution in [0.1, 0.15) is 21.5 Å². The summed E-state index contributed by atoms with van der Waals surface area (Å²) in [6, 6.07) is 5.49. The van der Waals surface area contributed by atoms with Crippen molar-refractivity contribution in [1.82, 2.24) is 4.90 Å². The quantitative estimate of drug-likeness (QED) is 0.743. The number of carbonyl (C=O) groups excluding carboxylic acids is 1. The van der Waals surface area contributed by atoms with E-state index >= 15 is 0 Å². The van der Waals surface area contributed by atoms with Gasteiger partial charge in [0.05, 0.1) is 19.8 Å². The summed E-state index contributed by atoms with van der Waals surface area (Å²) in [7, 11) is 1.58. The maximum Gasteiger partial charge on any atom is 0.254 e. The lowest BCUT2D eigenvalue weighted by Gasteiger charge is -2.22. The number of rotatable bonds is 6. The molecular weight excluding hydrogens is 268 g/mol. The number of nitrogens with two attached hydrogens (primary N) is 1. The minimum absolute atomic E-state index is 0.0822. The van der Waals surface area contributed by atoms with Crippen LogP contribution in [0.5, 0.6) is 0 Å². The zero-order valence-electron chi connectivity index (χ0n) is 12.6. The number of benzene rings is 1. The molecule has 0 heterocycles. The van der Waals surface area contributed by atoms with Gasteiger partial charge in [-0.25, -0.2) is 0 Å². The van der Waals surface area contributed by atoms with E-state index in [2.05, 4.69) is 11.8 Å². The van der Waals surface area contributed by atoms with Crippen molar-refractivity contribution in [2.45, 2.75) is 6.92 Å². The fourth-order valence-electron chi connectivity index (χ4n) is 1.89. The van der Waals surface area contributed by atoms with Crippen molar-refractivity contribution in [3.8, 4) is 11.8 Å². The molecule has 114 valence electrons. The predicted octanol–water partition coefficient (Wildman–Crippen LogP) is 0.386.